The van der Waals surface area contributed by atoms with Gasteiger partial charge in [-0.15, -0.1) is 24.0 Å². The summed E-state index contributed by atoms with van der Waals surface area (Å²) in [6.07, 6.45) is 1.05. The molecule has 0 unspecified atom stereocenters. The number of nitrogens with one attached hydrogen (secondary N) is 1. The number of hydrogen-bond acceptors (Lipinski definition) is 3. The minimum Gasteiger partial charge on any atom is -0.379 e. The van der Waals surface area contributed by atoms with Crippen molar-refractivity contribution in [2.45, 2.75) is 25.7 Å². The van der Waals surface area contributed by atoms with Gasteiger partial charge in [0.15, 0.2) is 5.96 Å². The standard InChI is InChI=1S/C18H29ClN4O.HI/c1-18(2,15-6-3-4-7-16(15)19)14-22-17(20)21-8-5-9-23-10-12-24-13-11-23;/h3-4,6-7H,5,8-14H2,1-2H3,(H3,20,21,22);1H. The summed E-state index contributed by atoms with van der Waals surface area (Å²) >= 11 is 6.29. The fraction of sp³-hybridized carbons (Fsp3) is 0.611. The van der Waals surface area contributed by atoms with Gasteiger partial charge in [-0.1, -0.05) is 43.6 Å². The molecule has 1 aromatic rings. The van der Waals surface area contributed by atoms with Gasteiger partial charge in [-0.3, -0.25) is 9.89 Å². The number of morpholine rings is 1. The van der Waals surface area contributed by atoms with E-state index >= 15 is 0 Å². The van der Waals surface area contributed by atoms with E-state index in [1.165, 1.54) is 0 Å². The number of halogens is 2. The minimum absolute atomic E-state index is 0. The van der Waals surface area contributed by atoms with Gasteiger partial charge >= 0.3 is 0 Å². The SMILES string of the molecule is CC(C)(CN=C(N)NCCCN1CCOCC1)c1ccccc1Cl.I. The highest BCUT2D eigenvalue weighted by atomic mass is 127. The maximum Gasteiger partial charge on any atom is 0.188 e. The topological polar surface area (TPSA) is 62.9 Å². The van der Waals surface area contributed by atoms with Crippen LogP contribution in [0.15, 0.2) is 29.3 Å². The zero-order valence-electron chi connectivity index (χ0n) is 15.1. The molecule has 3 N–H and O–H groups in total. The molecular weight excluding hydrogens is 451 g/mol. The smallest absolute Gasteiger partial charge is 0.188 e. The second-order valence-corrected chi connectivity index (χ2v) is 7.21. The molecule has 0 atom stereocenters. The molecule has 1 aliphatic heterocycles. The Balaban J connectivity index is 0.00000312. The molecule has 0 aromatic heterocycles. The quantitative estimate of drug-likeness (QED) is 0.273. The van der Waals surface area contributed by atoms with Gasteiger partial charge in [-0.05, 0) is 24.6 Å². The molecule has 1 aromatic carbocycles. The van der Waals surface area contributed by atoms with Crippen LogP contribution in [0.4, 0.5) is 0 Å². The molecule has 0 spiro atoms. The van der Waals surface area contributed by atoms with Crippen LogP contribution in [-0.2, 0) is 10.2 Å². The molecule has 5 nitrogen and oxygen atoms in total. The summed E-state index contributed by atoms with van der Waals surface area (Å²) in [5.74, 6) is 0.497. The summed E-state index contributed by atoms with van der Waals surface area (Å²) < 4.78 is 5.35. The van der Waals surface area contributed by atoms with Crippen LogP contribution in [0.1, 0.15) is 25.8 Å². The number of nitrogens with zero attached hydrogens (tertiary/aromatic N) is 2. The van der Waals surface area contributed by atoms with Gasteiger partial charge < -0.3 is 15.8 Å². The van der Waals surface area contributed by atoms with E-state index in [0.717, 1.165) is 56.4 Å². The van der Waals surface area contributed by atoms with Crippen LogP contribution in [0, 0.1) is 0 Å². The first-order valence-corrected chi connectivity index (χ1v) is 8.96. The lowest BCUT2D eigenvalue weighted by Gasteiger charge is -2.26. The Morgan fingerprint density at radius 1 is 1.32 bits per heavy atom. The fourth-order valence-electron chi connectivity index (χ4n) is 2.78. The predicted octanol–water partition coefficient (Wildman–Crippen LogP) is 2.86. The summed E-state index contributed by atoms with van der Waals surface area (Å²) in [5.41, 5.74) is 6.93. The van der Waals surface area contributed by atoms with E-state index in [4.69, 9.17) is 22.1 Å². The summed E-state index contributed by atoms with van der Waals surface area (Å²) in [5, 5.41) is 3.97. The second-order valence-electron chi connectivity index (χ2n) is 6.80. The molecule has 1 saturated heterocycles. The number of aliphatic imine (C=N–C) groups is 1. The molecule has 7 heteroatoms. The Kier molecular flexibility index (Phi) is 10.1. The largest absolute Gasteiger partial charge is 0.379 e. The van der Waals surface area contributed by atoms with Crippen LogP contribution in [-0.4, -0.2) is 56.8 Å². The van der Waals surface area contributed by atoms with Crippen molar-refractivity contribution in [3.8, 4) is 0 Å². The molecule has 2 rings (SSSR count). The highest BCUT2D eigenvalue weighted by Gasteiger charge is 2.22. The van der Waals surface area contributed by atoms with E-state index in [9.17, 15) is 0 Å². The Labute approximate surface area is 173 Å². The lowest BCUT2D eigenvalue weighted by Crippen LogP contribution is -2.39. The van der Waals surface area contributed by atoms with Gasteiger partial charge in [-0.2, -0.15) is 0 Å². The zero-order valence-corrected chi connectivity index (χ0v) is 18.2. The van der Waals surface area contributed by atoms with E-state index in [0.29, 0.717) is 12.5 Å². The van der Waals surface area contributed by atoms with Crippen molar-refractivity contribution in [1.82, 2.24) is 10.2 Å². The van der Waals surface area contributed by atoms with Gasteiger partial charge in [0.25, 0.3) is 0 Å². The lowest BCUT2D eigenvalue weighted by atomic mass is 9.85. The summed E-state index contributed by atoms with van der Waals surface area (Å²) in [6.45, 7) is 10.5. The zero-order chi connectivity index (χ0) is 17.4. The highest BCUT2D eigenvalue weighted by Crippen LogP contribution is 2.29. The number of rotatable bonds is 7. The molecular formula is C18H30ClIN4O. The van der Waals surface area contributed by atoms with Crippen molar-refractivity contribution in [1.29, 1.82) is 0 Å². The van der Waals surface area contributed by atoms with Crippen molar-refractivity contribution in [3.63, 3.8) is 0 Å². The van der Waals surface area contributed by atoms with Crippen LogP contribution in [0.5, 0.6) is 0 Å². The predicted molar refractivity (Wildman–Crippen MR) is 116 cm³/mol. The molecule has 1 aliphatic rings. The van der Waals surface area contributed by atoms with Gasteiger partial charge in [-0.25, -0.2) is 0 Å². The summed E-state index contributed by atoms with van der Waals surface area (Å²) in [7, 11) is 0. The molecule has 0 bridgehead atoms. The first-order valence-electron chi connectivity index (χ1n) is 8.58. The van der Waals surface area contributed by atoms with E-state index in [2.05, 4.69) is 29.1 Å². The molecule has 1 heterocycles. The molecule has 0 radical (unpaired) electrons. The van der Waals surface area contributed by atoms with E-state index in [1.807, 2.05) is 24.3 Å². The molecule has 0 amide bonds. The van der Waals surface area contributed by atoms with Gasteiger partial charge in [0.05, 0.1) is 19.8 Å². The van der Waals surface area contributed by atoms with E-state index in [1.54, 1.807) is 0 Å². The molecule has 0 saturated carbocycles. The van der Waals surface area contributed by atoms with Crippen molar-refractivity contribution in [2.24, 2.45) is 10.7 Å². The van der Waals surface area contributed by atoms with Crippen molar-refractivity contribution >= 4 is 41.5 Å². The number of hydrogen-bond donors (Lipinski definition) is 2. The Morgan fingerprint density at radius 3 is 2.68 bits per heavy atom. The average Bonchev–Trinajstić information content (AvgIpc) is 2.58. The van der Waals surface area contributed by atoms with Crippen molar-refractivity contribution in [3.05, 3.63) is 34.9 Å². The first kappa shape index (κ1) is 22.5. The maximum absolute atomic E-state index is 6.29. The average molecular weight is 481 g/mol. The molecule has 142 valence electrons. The third kappa shape index (κ3) is 7.68. The number of guanidine groups is 1. The third-order valence-corrected chi connectivity index (χ3v) is 4.64. The molecule has 25 heavy (non-hydrogen) atoms. The monoisotopic (exact) mass is 480 g/mol. The highest BCUT2D eigenvalue weighted by molar-refractivity contribution is 14.0. The van der Waals surface area contributed by atoms with Crippen molar-refractivity contribution in [2.75, 3.05) is 45.9 Å². The van der Waals surface area contributed by atoms with Crippen LogP contribution in [0.25, 0.3) is 0 Å². The van der Waals surface area contributed by atoms with Crippen LogP contribution >= 0.6 is 35.6 Å². The van der Waals surface area contributed by atoms with E-state index < -0.39 is 0 Å². The second kappa shape index (κ2) is 11.2. The summed E-state index contributed by atoms with van der Waals surface area (Å²) in [6, 6.07) is 7.90. The molecule has 0 aliphatic carbocycles. The normalized spacial score (nSPS) is 16.4. The van der Waals surface area contributed by atoms with Crippen LogP contribution in [0.2, 0.25) is 5.02 Å². The number of benzene rings is 1. The fourth-order valence-corrected chi connectivity index (χ4v) is 3.17. The van der Waals surface area contributed by atoms with Gasteiger partial charge in [0.1, 0.15) is 0 Å². The van der Waals surface area contributed by atoms with Gasteiger partial charge in [0.2, 0.25) is 0 Å². The lowest BCUT2D eigenvalue weighted by molar-refractivity contribution is 0.0376. The first-order chi connectivity index (χ1) is 11.5. The summed E-state index contributed by atoms with van der Waals surface area (Å²) in [4.78, 5) is 6.90. The minimum atomic E-state index is -0.154. The number of nitrogens with two attached hydrogens (primary N) is 1. The van der Waals surface area contributed by atoms with E-state index in [-0.39, 0.29) is 29.4 Å². The Hall–Kier alpha value is -0.570. The van der Waals surface area contributed by atoms with Gasteiger partial charge in [0, 0.05) is 30.1 Å². The Bertz CT molecular complexity index is 548. The Morgan fingerprint density at radius 2 is 2.00 bits per heavy atom. The molecule has 1 fully saturated rings. The maximum atomic E-state index is 6.29. The van der Waals surface area contributed by atoms with Crippen LogP contribution in [0.3, 0.4) is 0 Å². The van der Waals surface area contributed by atoms with Crippen molar-refractivity contribution < 1.29 is 4.74 Å². The number of ether oxygens (including phenoxy) is 1. The third-order valence-electron chi connectivity index (χ3n) is 4.31. The van der Waals surface area contributed by atoms with Crippen LogP contribution < -0.4 is 11.1 Å².